The standard InChI is InChI=1S/C24H24FN3O/c25-20-6-8-21(9-7-20)27-24(29)23-17-22(10-13-26-23)28-14-11-19(12-15-28)16-18-4-2-1-3-5-18/h1-10,13,17,19H,11-12,14-16H2,(H,27,29). The molecule has 0 bridgehead atoms. The van der Waals surface area contributed by atoms with Gasteiger partial charge in [-0.1, -0.05) is 30.3 Å². The highest BCUT2D eigenvalue weighted by molar-refractivity contribution is 6.03. The van der Waals surface area contributed by atoms with Gasteiger partial charge in [0, 0.05) is 30.7 Å². The fraction of sp³-hybridized carbons (Fsp3) is 0.250. The molecule has 3 aromatic rings. The molecule has 2 aromatic carbocycles. The average molecular weight is 389 g/mol. The van der Waals surface area contributed by atoms with Gasteiger partial charge in [0.1, 0.15) is 11.5 Å². The van der Waals surface area contributed by atoms with Crippen LogP contribution in [-0.2, 0) is 6.42 Å². The van der Waals surface area contributed by atoms with Gasteiger partial charge in [0.2, 0.25) is 0 Å². The number of carbonyl (C=O) groups excluding carboxylic acids is 1. The number of amides is 1. The molecular weight excluding hydrogens is 365 g/mol. The Kier molecular flexibility index (Phi) is 5.84. The monoisotopic (exact) mass is 389 g/mol. The second-order valence-electron chi connectivity index (χ2n) is 7.48. The number of rotatable bonds is 5. The van der Waals surface area contributed by atoms with Crippen LogP contribution in [0.4, 0.5) is 15.8 Å². The van der Waals surface area contributed by atoms with Crippen molar-refractivity contribution in [1.82, 2.24) is 4.98 Å². The van der Waals surface area contributed by atoms with Crippen molar-refractivity contribution in [2.24, 2.45) is 5.92 Å². The van der Waals surface area contributed by atoms with Crippen LogP contribution in [0.25, 0.3) is 0 Å². The maximum Gasteiger partial charge on any atom is 0.274 e. The first-order chi connectivity index (χ1) is 14.2. The summed E-state index contributed by atoms with van der Waals surface area (Å²) in [5.74, 6) is 0.0629. The van der Waals surface area contributed by atoms with Crippen LogP contribution < -0.4 is 10.2 Å². The highest BCUT2D eigenvalue weighted by atomic mass is 19.1. The van der Waals surface area contributed by atoms with Crippen LogP contribution >= 0.6 is 0 Å². The minimum absolute atomic E-state index is 0.294. The molecule has 1 aliphatic heterocycles. The van der Waals surface area contributed by atoms with E-state index in [4.69, 9.17) is 0 Å². The van der Waals surface area contributed by atoms with E-state index in [9.17, 15) is 9.18 Å². The summed E-state index contributed by atoms with van der Waals surface area (Å²) in [6.07, 6.45) is 5.06. The summed E-state index contributed by atoms with van der Waals surface area (Å²) in [4.78, 5) is 19.0. The van der Waals surface area contributed by atoms with Crippen LogP contribution in [0.15, 0.2) is 72.9 Å². The van der Waals surface area contributed by atoms with Crippen molar-refractivity contribution in [1.29, 1.82) is 0 Å². The van der Waals surface area contributed by atoms with E-state index < -0.39 is 0 Å². The smallest absolute Gasteiger partial charge is 0.274 e. The normalized spacial score (nSPS) is 14.6. The Bertz CT molecular complexity index is 951. The molecule has 1 aromatic heterocycles. The average Bonchev–Trinajstić information content (AvgIpc) is 2.77. The van der Waals surface area contributed by atoms with E-state index in [1.807, 2.05) is 12.1 Å². The molecule has 2 heterocycles. The lowest BCUT2D eigenvalue weighted by Gasteiger charge is -2.33. The number of halogens is 1. The molecule has 1 amide bonds. The van der Waals surface area contributed by atoms with Gasteiger partial charge in [-0.15, -0.1) is 0 Å². The molecule has 4 nitrogen and oxygen atoms in total. The predicted octanol–water partition coefficient (Wildman–Crippen LogP) is 4.93. The zero-order chi connectivity index (χ0) is 20.1. The lowest BCUT2D eigenvalue weighted by Crippen LogP contribution is -2.34. The summed E-state index contributed by atoms with van der Waals surface area (Å²) >= 11 is 0. The van der Waals surface area contributed by atoms with E-state index in [1.54, 1.807) is 6.20 Å². The van der Waals surface area contributed by atoms with Crippen molar-refractivity contribution in [3.05, 3.63) is 90.0 Å². The molecule has 4 rings (SSSR count). The number of hydrogen-bond acceptors (Lipinski definition) is 3. The third-order valence-corrected chi connectivity index (χ3v) is 5.43. The quantitative estimate of drug-likeness (QED) is 0.673. The Morgan fingerprint density at radius 1 is 1.03 bits per heavy atom. The van der Waals surface area contributed by atoms with E-state index in [0.717, 1.165) is 38.0 Å². The molecular formula is C24H24FN3O. The molecule has 1 saturated heterocycles. The molecule has 0 unspecified atom stereocenters. The van der Waals surface area contributed by atoms with E-state index in [2.05, 4.69) is 45.5 Å². The molecule has 0 saturated carbocycles. The van der Waals surface area contributed by atoms with Gasteiger partial charge in [-0.2, -0.15) is 0 Å². The van der Waals surface area contributed by atoms with Crippen molar-refractivity contribution in [3.63, 3.8) is 0 Å². The molecule has 1 fully saturated rings. The summed E-state index contributed by atoms with van der Waals surface area (Å²) in [5.41, 5.74) is 3.32. The van der Waals surface area contributed by atoms with Crippen LogP contribution in [-0.4, -0.2) is 24.0 Å². The third-order valence-electron chi connectivity index (χ3n) is 5.43. The summed E-state index contributed by atoms with van der Waals surface area (Å²) < 4.78 is 13.0. The van der Waals surface area contributed by atoms with Crippen LogP contribution in [0.2, 0.25) is 0 Å². The first-order valence-corrected chi connectivity index (χ1v) is 9.99. The Balaban J connectivity index is 1.36. The topological polar surface area (TPSA) is 45.2 Å². The van der Waals surface area contributed by atoms with Crippen molar-refractivity contribution in [2.75, 3.05) is 23.3 Å². The third kappa shape index (κ3) is 4.99. The van der Waals surface area contributed by atoms with Crippen molar-refractivity contribution >= 4 is 17.3 Å². The van der Waals surface area contributed by atoms with Gasteiger partial charge in [-0.05, 0) is 67.1 Å². The van der Waals surface area contributed by atoms with Crippen molar-refractivity contribution < 1.29 is 9.18 Å². The number of carbonyl (C=O) groups is 1. The molecule has 1 aliphatic rings. The Hall–Kier alpha value is -3.21. The highest BCUT2D eigenvalue weighted by Gasteiger charge is 2.20. The number of pyridine rings is 1. The van der Waals surface area contributed by atoms with Crippen molar-refractivity contribution in [3.8, 4) is 0 Å². The van der Waals surface area contributed by atoms with E-state index in [-0.39, 0.29) is 11.7 Å². The number of aromatic nitrogens is 1. The number of anilines is 2. The lowest BCUT2D eigenvalue weighted by atomic mass is 9.90. The number of nitrogens with one attached hydrogen (secondary N) is 1. The fourth-order valence-electron chi connectivity index (χ4n) is 3.81. The Labute approximate surface area is 170 Å². The summed E-state index contributed by atoms with van der Waals surface area (Å²) in [6, 6.07) is 20.1. The van der Waals surface area contributed by atoms with Gasteiger partial charge in [0.05, 0.1) is 0 Å². The summed E-state index contributed by atoms with van der Waals surface area (Å²) in [7, 11) is 0. The number of piperidine rings is 1. The van der Waals surface area contributed by atoms with Crippen LogP contribution in [0.3, 0.4) is 0 Å². The van der Waals surface area contributed by atoms with Gasteiger partial charge in [0.15, 0.2) is 0 Å². The maximum absolute atomic E-state index is 13.0. The minimum atomic E-state index is -0.334. The van der Waals surface area contributed by atoms with Crippen LogP contribution in [0.1, 0.15) is 28.9 Å². The second-order valence-corrected chi connectivity index (χ2v) is 7.48. The number of benzene rings is 2. The maximum atomic E-state index is 13.0. The molecule has 5 heteroatoms. The molecule has 29 heavy (non-hydrogen) atoms. The first kappa shape index (κ1) is 19.1. The molecule has 0 aliphatic carbocycles. The van der Waals surface area contributed by atoms with Gasteiger partial charge in [-0.3, -0.25) is 9.78 Å². The van der Waals surface area contributed by atoms with Crippen molar-refractivity contribution in [2.45, 2.75) is 19.3 Å². The Morgan fingerprint density at radius 3 is 2.48 bits per heavy atom. The van der Waals surface area contributed by atoms with Gasteiger partial charge < -0.3 is 10.2 Å². The number of hydrogen-bond donors (Lipinski definition) is 1. The number of nitrogens with zero attached hydrogens (tertiary/aromatic N) is 2. The van der Waals surface area contributed by atoms with E-state index in [0.29, 0.717) is 17.3 Å². The molecule has 148 valence electrons. The van der Waals surface area contributed by atoms with Gasteiger partial charge in [-0.25, -0.2) is 4.39 Å². The lowest BCUT2D eigenvalue weighted by molar-refractivity contribution is 0.102. The molecule has 0 spiro atoms. The second kappa shape index (κ2) is 8.86. The highest BCUT2D eigenvalue weighted by Crippen LogP contribution is 2.26. The van der Waals surface area contributed by atoms with Crippen LogP contribution in [0.5, 0.6) is 0 Å². The minimum Gasteiger partial charge on any atom is -0.371 e. The van der Waals surface area contributed by atoms with Gasteiger partial charge >= 0.3 is 0 Å². The molecule has 0 atom stereocenters. The van der Waals surface area contributed by atoms with Gasteiger partial charge in [0.25, 0.3) is 5.91 Å². The fourth-order valence-corrected chi connectivity index (χ4v) is 3.81. The SMILES string of the molecule is O=C(Nc1ccc(F)cc1)c1cc(N2CCC(Cc3ccccc3)CC2)ccn1. The zero-order valence-electron chi connectivity index (χ0n) is 16.2. The van der Waals surface area contributed by atoms with Crippen LogP contribution in [0, 0.1) is 11.7 Å². The largest absolute Gasteiger partial charge is 0.371 e. The first-order valence-electron chi connectivity index (χ1n) is 9.99. The molecule has 1 N–H and O–H groups in total. The Morgan fingerprint density at radius 2 is 1.76 bits per heavy atom. The summed E-state index contributed by atoms with van der Waals surface area (Å²) in [6.45, 7) is 1.95. The zero-order valence-corrected chi connectivity index (χ0v) is 16.2. The van der Waals surface area contributed by atoms with E-state index in [1.165, 1.54) is 29.8 Å². The van der Waals surface area contributed by atoms with E-state index >= 15 is 0 Å². The predicted molar refractivity (Wildman–Crippen MR) is 114 cm³/mol. The summed E-state index contributed by atoms with van der Waals surface area (Å²) in [5, 5.41) is 2.76. The molecule has 0 radical (unpaired) electrons.